The van der Waals surface area contributed by atoms with Crippen molar-refractivity contribution >= 4 is 28.5 Å². The van der Waals surface area contributed by atoms with Crippen molar-refractivity contribution in [2.45, 2.75) is 45.8 Å². The van der Waals surface area contributed by atoms with Gasteiger partial charge in [-0.1, -0.05) is 6.92 Å². The molecular weight excluding hydrogens is 390 g/mol. The summed E-state index contributed by atoms with van der Waals surface area (Å²) in [6, 6.07) is -0.903. The van der Waals surface area contributed by atoms with Gasteiger partial charge >= 0.3 is 6.09 Å². The molecule has 12 nitrogen and oxygen atoms in total. The number of nitrogens with one attached hydrogen (secondary N) is 2. The maximum absolute atomic E-state index is 12.7. The van der Waals surface area contributed by atoms with Crippen molar-refractivity contribution in [3.63, 3.8) is 0 Å². The molecule has 0 unspecified atom stereocenters. The van der Waals surface area contributed by atoms with E-state index in [2.05, 4.69) is 26.1 Å². The van der Waals surface area contributed by atoms with Crippen LogP contribution in [0.1, 0.15) is 34.1 Å². The summed E-state index contributed by atoms with van der Waals surface area (Å²) in [6.45, 7) is 7.21. The zero-order valence-electron chi connectivity index (χ0n) is 16.4. The van der Waals surface area contributed by atoms with Crippen LogP contribution in [0.25, 0.3) is 0 Å². The number of amides is 2. The highest BCUT2D eigenvalue weighted by atomic mass is 32.1. The number of thiazole rings is 1. The zero-order valence-corrected chi connectivity index (χ0v) is 17.2. The van der Waals surface area contributed by atoms with E-state index in [0.717, 1.165) is 0 Å². The maximum Gasteiger partial charge on any atom is 0.408 e. The van der Waals surface area contributed by atoms with Crippen molar-refractivity contribution in [1.82, 2.24) is 15.3 Å². The molecule has 13 heteroatoms. The van der Waals surface area contributed by atoms with Crippen molar-refractivity contribution in [2.24, 2.45) is 16.4 Å². The van der Waals surface area contributed by atoms with E-state index in [9.17, 15) is 19.7 Å². The third-order valence-corrected chi connectivity index (χ3v) is 4.05. The fourth-order valence-corrected chi connectivity index (χ4v) is 2.60. The predicted molar refractivity (Wildman–Crippen MR) is 102 cm³/mol. The highest BCUT2D eigenvalue weighted by molar-refractivity contribution is 7.13. The van der Waals surface area contributed by atoms with Crippen LogP contribution in [0.15, 0.2) is 22.0 Å². The normalized spacial score (nSPS) is 13.6. The van der Waals surface area contributed by atoms with E-state index in [1.54, 1.807) is 39.3 Å². The Labute approximate surface area is 166 Å². The van der Waals surface area contributed by atoms with Crippen LogP contribution in [-0.2, 0) is 9.53 Å². The molecule has 156 valence electrons. The number of hydrogen-bond acceptors (Lipinski definition) is 8. The van der Waals surface area contributed by atoms with Gasteiger partial charge in [-0.25, -0.2) is 9.78 Å². The average molecular weight is 415 g/mol. The largest absolute Gasteiger partial charge is 0.444 e. The summed E-state index contributed by atoms with van der Waals surface area (Å²) >= 11 is 1.25. The number of nitro groups is 1. The molecule has 0 fully saturated rings. The Bertz CT molecular complexity index is 689. The first-order chi connectivity index (χ1) is 13.0. The number of ether oxygens (including phenoxy) is 1. The molecule has 0 radical (unpaired) electrons. The summed E-state index contributed by atoms with van der Waals surface area (Å²) in [4.78, 5) is 39.0. The summed E-state index contributed by atoms with van der Waals surface area (Å²) in [5, 5.41) is 24.2. The lowest BCUT2D eigenvalue weighted by atomic mass is 9.97. The van der Waals surface area contributed by atoms with Gasteiger partial charge < -0.3 is 25.5 Å². The molecule has 0 saturated carbocycles. The smallest absolute Gasteiger partial charge is 0.408 e. The Morgan fingerprint density at radius 3 is 2.68 bits per heavy atom. The van der Waals surface area contributed by atoms with E-state index in [4.69, 9.17) is 4.74 Å². The van der Waals surface area contributed by atoms with Crippen LogP contribution < -0.4 is 10.6 Å². The van der Waals surface area contributed by atoms with Crippen molar-refractivity contribution in [1.29, 1.82) is 0 Å². The van der Waals surface area contributed by atoms with Gasteiger partial charge in [-0.3, -0.25) is 4.79 Å². The van der Waals surface area contributed by atoms with E-state index >= 15 is 0 Å². The van der Waals surface area contributed by atoms with Gasteiger partial charge in [0.1, 0.15) is 11.6 Å². The maximum atomic E-state index is 12.7. The van der Waals surface area contributed by atoms with Gasteiger partial charge in [0.05, 0.1) is 11.6 Å². The van der Waals surface area contributed by atoms with E-state index in [-0.39, 0.29) is 12.5 Å². The lowest BCUT2D eigenvalue weighted by Gasteiger charge is -2.26. The second kappa shape index (κ2) is 10.5. The third-order valence-electron chi connectivity index (χ3n) is 3.36. The van der Waals surface area contributed by atoms with Gasteiger partial charge in [0.15, 0.2) is 10.4 Å². The molecule has 1 rings (SSSR count). The molecule has 1 heterocycles. The summed E-state index contributed by atoms with van der Waals surface area (Å²) < 4.78 is 5.23. The van der Waals surface area contributed by atoms with Crippen LogP contribution in [0.5, 0.6) is 0 Å². The minimum atomic E-state index is -0.908. The number of anilines is 1. The van der Waals surface area contributed by atoms with E-state index in [1.165, 1.54) is 23.4 Å². The molecule has 2 atom stereocenters. The first-order valence-electron chi connectivity index (χ1n) is 8.45. The van der Waals surface area contributed by atoms with Crippen LogP contribution in [-0.4, -0.2) is 52.3 Å². The highest BCUT2D eigenvalue weighted by Crippen LogP contribution is 2.16. The minimum absolute atomic E-state index is 0.287. The molecule has 28 heavy (non-hydrogen) atoms. The number of hydrogen-bond donors (Lipinski definition) is 2. The van der Waals surface area contributed by atoms with Gasteiger partial charge in [0.25, 0.3) is 0 Å². The second-order valence-electron chi connectivity index (χ2n) is 7.01. The first kappa shape index (κ1) is 23.2. The molecule has 0 aliphatic rings. The Kier molecular flexibility index (Phi) is 8.70. The van der Waals surface area contributed by atoms with Crippen molar-refractivity contribution in [3.8, 4) is 0 Å². The minimum Gasteiger partial charge on any atom is -0.444 e. The molecule has 0 spiro atoms. The Balaban J connectivity index is 2.78. The number of nitrogens with zero attached hydrogens (tertiary/aromatic N) is 5. The topological polar surface area (TPSA) is 151 Å². The van der Waals surface area contributed by atoms with Crippen LogP contribution in [0, 0.1) is 16.0 Å². The molecule has 0 saturated heterocycles. The Hall–Kier alpha value is -2.83. The molecule has 2 amide bonds. The molecule has 0 aliphatic carbocycles. The lowest BCUT2D eigenvalue weighted by Crippen LogP contribution is -2.49. The monoisotopic (exact) mass is 415 g/mol. The number of carbonyl (C=O) groups is 2. The summed E-state index contributed by atoms with van der Waals surface area (Å²) in [5.74, 6) is -0.774. The summed E-state index contributed by atoms with van der Waals surface area (Å²) in [5.41, 5.74) is -0.715. The van der Waals surface area contributed by atoms with Crippen molar-refractivity contribution in [3.05, 3.63) is 21.7 Å². The number of carbonyl (C=O) groups excluding carboxylic acids is 2. The van der Waals surface area contributed by atoms with Gasteiger partial charge in [-0.2, -0.15) is 5.01 Å². The first-order valence-corrected chi connectivity index (χ1v) is 9.33. The molecular formula is C15H25N7O5S. The van der Waals surface area contributed by atoms with Crippen LogP contribution in [0.4, 0.5) is 9.93 Å². The van der Waals surface area contributed by atoms with Crippen LogP contribution in [0.2, 0.25) is 0 Å². The Morgan fingerprint density at radius 1 is 1.46 bits per heavy atom. The molecule has 1 aromatic heterocycles. The van der Waals surface area contributed by atoms with E-state index in [0.29, 0.717) is 11.6 Å². The fourth-order valence-electron chi connectivity index (χ4n) is 2.07. The molecule has 0 aromatic carbocycles. The molecule has 0 aliphatic heterocycles. The van der Waals surface area contributed by atoms with E-state index < -0.39 is 28.7 Å². The molecule has 2 N–H and O–H groups in total. The quantitative estimate of drug-likeness (QED) is 0.357. The summed E-state index contributed by atoms with van der Waals surface area (Å²) in [6.07, 6.45) is 1.23. The molecule has 1 aromatic rings. The Morgan fingerprint density at radius 2 is 2.14 bits per heavy atom. The van der Waals surface area contributed by atoms with Crippen LogP contribution >= 0.6 is 11.3 Å². The van der Waals surface area contributed by atoms with Crippen molar-refractivity contribution < 1.29 is 19.4 Å². The molecule has 0 bridgehead atoms. The number of alkyl carbamates (subject to hydrolysis) is 1. The fraction of sp³-hybridized carbons (Fsp3) is 0.667. The lowest BCUT2D eigenvalue weighted by molar-refractivity contribution is -0.496. The predicted octanol–water partition coefficient (Wildman–Crippen LogP) is 2.49. The van der Waals surface area contributed by atoms with Gasteiger partial charge in [0, 0.05) is 18.6 Å². The summed E-state index contributed by atoms with van der Waals surface area (Å²) in [7, 11) is 1.52. The second-order valence-corrected chi connectivity index (χ2v) is 7.91. The number of aromatic nitrogens is 1. The van der Waals surface area contributed by atoms with Crippen molar-refractivity contribution in [2.75, 3.05) is 18.9 Å². The average Bonchev–Trinajstić information content (AvgIpc) is 3.06. The van der Waals surface area contributed by atoms with Gasteiger partial charge in [-0.05, 0) is 33.1 Å². The highest BCUT2D eigenvalue weighted by Gasteiger charge is 2.30. The number of rotatable bonds is 9. The van der Waals surface area contributed by atoms with Crippen LogP contribution in [0.3, 0.4) is 0 Å². The third kappa shape index (κ3) is 9.21. The van der Waals surface area contributed by atoms with E-state index in [1.807, 2.05) is 0 Å². The zero-order chi connectivity index (χ0) is 21.3. The van der Waals surface area contributed by atoms with Gasteiger partial charge in [-0.15, -0.1) is 11.3 Å². The van der Waals surface area contributed by atoms with Gasteiger partial charge in [0.2, 0.25) is 11.1 Å². The standard InChI is InChI=1S/C15H25N7O5S/c1-10(6-8-21(5)19-20-22(25)26)11(17-14(24)27-15(2,3)4)12(23)18-13-16-7-9-28-13/h7,9-11H,6,8H2,1-5H3,(H,17,24)(H,16,18,23)/t10-,11+/m1/s1. The SMILES string of the molecule is C[C@H](CCN(C)N=N[N+](=O)[O-])[C@H](NC(=O)OC(C)(C)C)C(=O)Nc1nccs1.